The lowest BCUT2D eigenvalue weighted by Gasteiger charge is -2.07. The summed E-state index contributed by atoms with van der Waals surface area (Å²) < 4.78 is 13.6. The van der Waals surface area contributed by atoms with Crippen molar-refractivity contribution in [3.63, 3.8) is 0 Å². The minimum atomic E-state index is -0.377. The SMILES string of the molecule is Fc1ccccc1Nc1nncc(NCc2ccccn2)n1. The highest BCUT2D eigenvalue weighted by atomic mass is 19.1. The first-order valence-corrected chi connectivity index (χ1v) is 6.66. The van der Waals surface area contributed by atoms with E-state index in [1.807, 2.05) is 18.2 Å². The van der Waals surface area contributed by atoms with Crippen LogP contribution < -0.4 is 10.6 Å². The average molecular weight is 296 g/mol. The van der Waals surface area contributed by atoms with Crippen LogP contribution >= 0.6 is 0 Å². The van der Waals surface area contributed by atoms with Gasteiger partial charge in [0.25, 0.3) is 0 Å². The van der Waals surface area contributed by atoms with E-state index in [0.717, 1.165) is 5.69 Å². The largest absolute Gasteiger partial charge is 0.363 e. The second-order valence-corrected chi connectivity index (χ2v) is 4.44. The predicted molar refractivity (Wildman–Crippen MR) is 81.1 cm³/mol. The molecule has 0 amide bonds. The fourth-order valence-corrected chi connectivity index (χ4v) is 1.81. The molecule has 7 heteroatoms. The molecule has 0 aliphatic rings. The Kier molecular flexibility index (Phi) is 4.15. The molecule has 0 saturated heterocycles. The van der Waals surface area contributed by atoms with Crippen molar-refractivity contribution in [2.24, 2.45) is 0 Å². The molecule has 0 aliphatic heterocycles. The van der Waals surface area contributed by atoms with Gasteiger partial charge in [0, 0.05) is 6.20 Å². The van der Waals surface area contributed by atoms with Gasteiger partial charge in [-0.15, -0.1) is 5.10 Å². The van der Waals surface area contributed by atoms with Crippen molar-refractivity contribution in [3.05, 3.63) is 66.4 Å². The molecule has 22 heavy (non-hydrogen) atoms. The second-order valence-electron chi connectivity index (χ2n) is 4.44. The molecule has 0 radical (unpaired) electrons. The van der Waals surface area contributed by atoms with E-state index < -0.39 is 0 Å². The fourth-order valence-electron chi connectivity index (χ4n) is 1.81. The second kappa shape index (κ2) is 6.57. The standard InChI is InChI=1S/C15H13FN6/c16-12-6-1-2-7-13(12)20-15-21-14(10-19-22-15)18-9-11-5-3-4-8-17-11/h1-8,10H,9H2,(H2,18,20,21,22). The summed E-state index contributed by atoms with van der Waals surface area (Å²) in [4.78, 5) is 8.44. The highest BCUT2D eigenvalue weighted by Gasteiger charge is 2.05. The van der Waals surface area contributed by atoms with Crippen LogP contribution in [-0.2, 0) is 6.54 Å². The van der Waals surface area contributed by atoms with Crippen LogP contribution in [0.5, 0.6) is 0 Å². The first kappa shape index (κ1) is 13.9. The van der Waals surface area contributed by atoms with Crippen LogP contribution in [0.25, 0.3) is 0 Å². The minimum Gasteiger partial charge on any atom is -0.363 e. The van der Waals surface area contributed by atoms with Gasteiger partial charge in [-0.25, -0.2) is 4.39 Å². The topological polar surface area (TPSA) is 75.6 Å². The van der Waals surface area contributed by atoms with E-state index in [1.54, 1.807) is 24.4 Å². The van der Waals surface area contributed by atoms with Gasteiger partial charge in [0.15, 0.2) is 5.82 Å². The maximum absolute atomic E-state index is 13.6. The van der Waals surface area contributed by atoms with Crippen molar-refractivity contribution >= 4 is 17.5 Å². The summed E-state index contributed by atoms with van der Waals surface area (Å²) in [5.74, 6) is 0.369. The number of rotatable bonds is 5. The van der Waals surface area contributed by atoms with E-state index in [1.165, 1.54) is 12.3 Å². The number of hydrogen-bond donors (Lipinski definition) is 2. The summed E-state index contributed by atoms with van der Waals surface area (Å²) in [5.41, 5.74) is 1.18. The Hall–Kier alpha value is -3.09. The van der Waals surface area contributed by atoms with E-state index in [9.17, 15) is 4.39 Å². The molecule has 2 heterocycles. The monoisotopic (exact) mass is 296 g/mol. The first-order valence-electron chi connectivity index (χ1n) is 6.66. The van der Waals surface area contributed by atoms with Crippen LogP contribution in [0.2, 0.25) is 0 Å². The van der Waals surface area contributed by atoms with Crippen molar-refractivity contribution in [1.82, 2.24) is 20.2 Å². The number of hydrogen-bond acceptors (Lipinski definition) is 6. The molecule has 3 aromatic rings. The van der Waals surface area contributed by atoms with Gasteiger partial charge in [0.1, 0.15) is 5.82 Å². The first-order chi connectivity index (χ1) is 10.8. The molecule has 0 saturated carbocycles. The Balaban J connectivity index is 1.69. The van der Waals surface area contributed by atoms with Crippen LogP contribution in [0.15, 0.2) is 54.9 Å². The number of aromatic nitrogens is 4. The Labute approximate surface area is 126 Å². The quantitative estimate of drug-likeness (QED) is 0.754. The predicted octanol–water partition coefficient (Wildman–Crippen LogP) is 2.76. The number of halogens is 1. The zero-order valence-corrected chi connectivity index (χ0v) is 11.6. The molecular weight excluding hydrogens is 283 g/mol. The highest BCUT2D eigenvalue weighted by Crippen LogP contribution is 2.17. The maximum Gasteiger partial charge on any atom is 0.249 e. The smallest absolute Gasteiger partial charge is 0.249 e. The molecule has 6 nitrogen and oxygen atoms in total. The summed E-state index contributed by atoms with van der Waals surface area (Å²) in [6.07, 6.45) is 3.22. The van der Waals surface area contributed by atoms with Crippen LogP contribution in [0.1, 0.15) is 5.69 Å². The Bertz CT molecular complexity index is 750. The van der Waals surface area contributed by atoms with E-state index in [0.29, 0.717) is 18.1 Å². The molecule has 0 unspecified atom stereocenters. The third-order valence-electron chi connectivity index (χ3n) is 2.86. The fraction of sp³-hybridized carbons (Fsp3) is 0.0667. The lowest BCUT2D eigenvalue weighted by Crippen LogP contribution is -2.06. The molecule has 0 bridgehead atoms. The van der Waals surface area contributed by atoms with Gasteiger partial charge in [-0.2, -0.15) is 10.1 Å². The van der Waals surface area contributed by atoms with Gasteiger partial charge in [-0.3, -0.25) is 4.98 Å². The molecule has 0 spiro atoms. The minimum absolute atomic E-state index is 0.219. The number of nitrogens with zero attached hydrogens (tertiary/aromatic N) is 4. The lowest BCUT2D eigenvalue weighted by atomic mass is 10.3. The Morgan fingerprint density at radius 1 is 1.05 bits per heavy atom. The van der Waals surface area contributed by atoms with Crippen LogP contribution in [0, 0.1) is 5.82 Å². The van der Waals surface area contributed by atoms with E-state index in [4.69, 9.17) is 0 Å². The molecule has 2 aromatic heterocycles. The lowest BCUT2D eigenvalue weighted by molar-refractivity contribution is 0.631. The van der Waals surface area contributed by atoms with Crippen molar-refractivity contribution in [1.29, 1.82) is 0 Å². The molecule has 0 aliphatic carbocycles. The normalized spacial score (nSPS) is 10.2. The average Bonchev–Trinajstić information content (AvgIpc) is 2.57. The number of nitrogens with one attached hydrogen (secondary N) is 2. The van der Waals surface area contributed by atoms with Gasteiger partial charge in [0.2, 0.25) is 5.95 Å². The third-order valence-corrected chi connectivity index (χ3v) is 2.86. The van der Waals surface area contributed by atoms with Gasteiger partial charge < -0.3 is 10.6 Å². The van der Waals surface area contributed by atoms with E-state index in [2.05, 4.69) is 30.8 Å². The molecule has 0 fully saturated rings. The molecule has 3 rings (SSSR count). The molecule has 2 N–H and O–H groups in total. The number of pyridine rings is 1. The number of para-hydroxylation sites is 1. The van der Waals surface area contributed by atoms with Gasteiger partial charge in [-0.1, -0.05) is 18.2 Å². The molecule has 1 aromatic carbocycles. The van der Waals surface area contributed by atoms with Crippen LogP contribution in [-0.4, -0.2) is 20.2 Å². The van der Waals surface area contributed by atoms with Crippen molar-refractivity contribution in [2.45, 2.75) is 6.54 Å². The van der Waals surface area contributed by atoms with E-state index in [-0.39, 0.29) is 11.8 Å². The maximum atomic E-state index is 13.6. The molecule has 0 atom stereocenters. The zero-order chi connectivity index (χ0) is 15.2. The Morgan fingerprint density at radius 2 is 1.91 bits per heavy atom. The van der Waals surface area contributed by atoms with Crippen molar-refractivity contribution in [3.8, 4) is 0 Å². The number of benzene rings is 1. The van der Waals surface area contributed by atoms with Gasteiger partial charge >= 0.3 is 0 Å². The van der Waals surface area contributed by atoms with Crippen molar-refractivity contribution < 1.29 is 4.39 Å². The summed E-state index contributed by atoms with van der Waals surface area (Å²) >= 11 is 0. The number of anilines is 3. The van der Waals surface area contributed by atoms with Gasteiger partial charge in [-0.05, 0) is 24.3 Å². The van der Waals surface area contributed by atoms with Crippen LogP contribution in [0.3, 0.4) is 0 Å². The van der Waals surface area contributed by atoms with Crippen LogP contribution in [0.4, 0.5) is 21.8 Å². The summed E-state index contributed by atoms with van der Waals surface area (Å²) in [5, 5.41) is 13.6. The Morgan fingerprint density at radius 3 is 2.73 bits per heavy atom. The third kappa shape index (κ3) is 3.51. The van der Waals surface area contributed by atoms with Gasteiger partial charge in [0.05, 0.1) is 24.1 Å². The van der Waals surface area contributed by atoms with Crippen molar-refractivity contribution in [2.75, 3.05) is 10.6 Å². The highest BCUT2D eigenvalue weighted by molar-refractivity contribution is 5.54. The summed E-state index contributed by atoms with van der Waals surface area (Å²) in [6.45, 7) is 0.513. The zero-order valence-electron chi connectivity index (χ0n) is 11.6. The van der Waals surface area contributed by atoms with E-state index >= 15 is 0 Å². The summed E-state index contributed by atoms with van der Waals surface area (Å²) in [6, 6.07) is 12.0. The molecular formula is C15H13FN6. The summed E-state index contributed by atoms with van der Waals surface area (Å²) in [7, 11) is 0. The molecule has 110 valence electrons.